The first-order chi connectivity index (χ1) is 13.2. The van der Waals surface area contributed by atoms with Gasteiger partial charge in [-0.15, -0.1) is 0 Å². The zero-order chi connectivity index (χ0) is 20.5. The lowest BCUT2D eigenvalue weighted by atomic mass is 10.0. The van der Waals surface area contributed by atoms with E-state index >= 15 is 0 Å². The third-order valence-corrected chi connectivity index (χ3v) is 8.59. The summed E-state index contributed by atoms with van der Waals surface area (Å²) in [5.74, 6) is -0.283. The van der Waals surface area contributed by atoms with E-state index in [-0.39, 0.29) is 5.91 Å². The van der Waals surface area contributed by atoms with Crippen molar-refractivity contribution >= 4 is 15.7 Å². The summed E-state index contributed by atoms with van der Waals surface area (Å²) in [7, 11) is -2.08. The van der Waals surface area contributed by atoms with Crippen LogP contribution in [0.25, 0.3) is 0 Å². The Bertz CT molecular complexity index is 989. The molecule has 1 saturated carbocycles. The predicted molar refractivity (Wildman–Crippen MR) is 112 cm³/mol. The van der Waals surface area contributed by atoms with Gasteiger partial charge in [0.2, 0.25) is 5.91 Å². The van der Waals surface area contributed by atoms with Crippen molar-refractivity contribution in [1.82, 2.24) is 4.90 Å². The van der Waals surface area contributed by atoms with Crippen LogP contribution in [0.5, 0.6) is 0 Å². The number of hydrogen-bond acceptors (Lipinski definition) is 3. The lowest BCUT2D eigenvalue weighted by molar-refractivity contribution is -0.133. The number of nitrogens with zero attached hydrogens (tertiary/aromatic N) is 1. The standard InChI is InChI=1S/C23H29NO3S/c1-17-11-12-19(3)21(15-17)28(26,27)23(13-7-8-14-23)22(25)24(4)16-20-10-6-5-9-18(20)2/h5-6,9-12,15H,7-8,13-14,16H2,1-4H3. The van der Waals surface area contributed by atoms with Crippen LogP contribution < -0.4 is 0 Å². The third-order valence-electron chi connectivity index (χ3n) is 5.96. The normalized spacial score (nSPS) is 16.1. The minimum atomic E-state index is -3.79. The van der Waals surface area contributed by atoms with Crippen LogP contribution in [0.15, 0.2) is 47.4 Å². The van der Waals surface area contributed by atoms with Gasteiger partial charge in [-0.1, -0.05) is 49.2 Å². The summed E-state index contributed by atoms with van der Waals surface area (Å²) >= 11 is 0. The van der Waals surface area contributed by atoms with Crippen molar-refractivity contribution in [2.75, 3.05) is 7.05 Å². The van der Waals surface area contributed by atoms with Crippen LogP contribution in [-0.2, 0) is 21.2 Å². The number of benzene rings is 2. The summed E-state index contributed by atoms with van der Waals surface area (Å²) in [5, 5.41) is 0. The molecule has 0 radical (unpaired) electrons. The van der Waals surface area contributed by atoms with Gasteiger partial charge in [0.15, 0.2) is 14.6 Å². The fraction of sp³-hybridized carbons (Fsp3) is 0.435. The van der Waals surface area contributed by atoms with Crippen LogP contribution in [0.4, 0.5) is 0 Å². The molecule has 2 aromatic carbocycles. The average Bonchev–Trinajstić information content (AvgIpc) is 3.16. The average molecular weight is 400 g/mol. The third kappa shape index (κ3) is 3.48. The highest BCUT2D eigenvalue weighted by Crippen LogP contribution is 2.43. The predicted octanol–water partition coefficient (Wildman–Crippen LogP) is 4.36. The number of aryl methyl sites for hydroxylation is 3. The molecule has 5 heteroatoms. The molecule has 150 valence electrons. The smallest absolute Gasteiger partial charge is 0.244 e. The highest BCUT2D eigenvalue weighted by atomic mass is 32.2. The van der Waals surface area contributed by atoms with Crippen LogP contribution >= 0.6 is 0 Å². The van der Waals surface area contributed by atoms with Gasteiger partial charge in [0, 0.05) is 13.6 Å². The van der Waals surface area contributed by atoms with Crippen molar-refractivity contribution in [3.63, 3.8) is 0 Å². The van der Waals surface area contributed by atoms with E-state index in [9.17, 15) is 13.2 Å². The number of hydrogen-bond donors (Lipinski definition) is 0. The first kappa shape index (κ1) is 20.6. The molecule has 0 aliphatic heterocycles. The molecule has 0 N–H and O–H groups in total. The Hall–Kier alpha value is -2.14. The number of carbonyl (C=O) groups is 1. The maximum atomic E-state index is 13.7. The van der Waals surface area contributed by atoms with Crippen LogP contribution in [-0.4, -0.2) is 31.0 Å². The lowest BCUT2D eigenvalue weighted by Gasteiger charge is -2.33. The van der Waals surface area contributed by atoms with Gasteiger partial charge in [-0.3, -0.25) is 4.79 Å². The van der Waals surface area contributed by atoms with E-state index in [1.165, 1.54) is 0 Å². The molecule has 0 unspecified atom stereocenters. The molecule has 1 amide bonds. The van der Waals surface area contributed by atoms with E-state index < -0.39 is 14.6 Å². The number of sulfone groups is 1. The molecule has 0 atom stereocenters. The molecular formula is C23H29NO3S. The monoisotopic (exact) mass is 399 g/mol. The Kier molecular flexibility index (Phi) is 5.67. The number of rotatable bonds is 5. The fourth-order valence-electron chi connectivity index (χ4n) is 4.21. The maximum absolute atomic E-state index is 13.7. The van der Waals surface area contributed by atoms with E-state index in [2.05, 4.69) is 0 Å². The molecular weight excluding hydrogens is 370 g/mol. The van der Waals surface area contributed by atoms with Gasteiger partial charge in [0.05, 0.1) is 4.90 Å². The van der Waals surface area contributed by atoms with Gasteiger partial charge in [0.25, 0.3) is 0 Å². The molecule has 0 aromatic heterocycles. The Morgan fingerprint density at radius 1 is 1.00 bits per heavy atom. The van der Waals surface area contributed by atoms with Gasteiger partial charge in [-0.05, 0) is 61.9 Å². The van der Waals surface area contributed by atoms with Crippen LogP contribution in [0.1, 0.15) is 47.9 Å². The molecule has 0 bridgehead atoms. The summed E-state index contributed by atoms with van der Waals surface area (Å²) in [6, 6.07) is 13.3. The summed E-state index contributed by atoms with van der Waals surface area (Å²) in [4.78, 5) is 15.4. The molecule has 2 aromatic rings. The Balaban J connectivity index is 2.00. The van der Waals surface area contributed by atoms with Crippen LogP contribution in [0, 0.1) is 20.8 Å². The van der Waals surface area contributed by atoms with E-state index in [0.29, 0.717) is 29.8 Å². The summed E-state index contributed by atoms with van der Waals surface area (Å²) in [6.45, 7) is 6.10. The Morgan fingerprint density at radius 3 is 2.29 bits per heavy atom. The highest BCUT2D eigenvalue weighted by molar-refractivity contribution is 7.93. The lowest BCUT2D eigenvalue weighted by Crippen LogP contribution is -2.51. The largest absolute Gasteiger partial charge is 0.340 e. The van der Waals surface area contributed by atoms with Crippen molar-refractivity contribution < 1.29 is 13.2 Å². The molecule has 28 heavy (non-hydrogen) atoms. The minimum Gasteiger partial charge on any atom is -0.340 e. The van der Waals surface area contributed by atoms with Crippen molar-refractivity contribution in [1.29, 1.82) is 0 Å². The maximum Gasteiger partial charge on any atom is 0.244 e. The zero-order valence-corrected chi connectivity index (χ0v) is 18.0. The molecule has 0 heterocycles. The highest BCUT2D eigenvalue weighted by Gasteiger charge is 2.54. The first-order valence-electron chi connectivity index (χ1n) is 9.81. The van der Waals surface area contributed by atoms with Crippen molar-refractivity contribution in [3.05, 3.63) is 64.7 Å². The second-order valence-electron chi connectivity index (χ2n) is 8.06. The van der Waals surface area contributed by atoms with Gasteiger partial charge in [-0.2, -0.15) is 0 Å². The molecule has 1 aliphatic carbocycles. The topological polar surface area (TPSA) is 54.5 Å². The molecule has 3 rings (SSSR count). The van der Waals surface area contributed by atoms with Crippen molar-refractivity contribution in [2.24, 2.45) is 0 Å². The fourth-order valence-corrected chi connectivity index (χ4v) is 6.68. The second kappa shape index (κ2) is 7.70. The summed E-state index contributed by atoms with van der Waals surface area (Å²) < 4.78 is 26.1. The first-order valence-corrected chi connectivity index (χ1v) is 11.3. The molecule has 4 nitrogen and oxygen atoms in total. The molecule has 0 saturated heterocycles. The number of carbonyl (C=O) groups excluding carboxylic acids is 1. The van der Waals surface area contributed by atoms with Crippen LogP contribution in [0.2, 0.25) is 0 Å². The minimum absolute atomic E-state index is 0.283. The van der Waals surface area contributed by atoms with Crippen LogP contribution in [0.3, 0.4) is 0 Å². The van der Waals surface area contributed by atoms with Gasteiger partial charge >= 0.3 is 0 Å². The SMILES string of the molecule is Cc1ccc(C)c(S(=O)(=O)C2(C(=O)N(C)Cc3ccccc3C)CCCC2)c1. The molecule has 1 aliphatic rings. The van der Waals surface area contributed by atoms with E-state index in [1.807, 2.05) is 50.2 Å². The Morgan fingerprint density at radius 2 is 1.64 bits per heavy atom. The van der Waals surface area contributed by atoms with Gasteiger partial charge in [-0.25, -0.2) is 8.42 Å². The zero-order valence-electron chi connectivity index (χ0n) is 17.2. The summed E-state index contributed by atoms with van der Waals surface area (Å²) in [5.41, 5.74) is 3.72. The summed E-state index contributed by atoms with van der Waals surface area (Å²) in [6.07, 6.45) is 2.29. The van der Waals surface area contributed by atoms with Crippen molar-refractivity contribution in [3.8, 4) is 0 Å². The van der Waals surface area contributed by atoms with E-state index in [0.717, 1.165) is 29.5 Å². The van der Waals surface area contributed by atoms with Crippen molar-refractivity contribution in [2.45, 2.75) is 62.6 Å². The quantitative estimate of drug-likeness (QED) is 0.751. The molecule has 0 spiro atoms. The Labute approximate surface area is 168 Å². The number of amides is 1. The molecule has 1 fully saturated rings. The second-order valence-corrected chi connectivity index (χ2v) is 10.3. The van der Waals surface area contributed by atoms with E-state index in [4.69, 9.17) is 0 Å². The van der Waals surface area contributed by atoms with Gasteiger partial charge in [0.1, 0.15) is 0 Å². The van der Waals surface area contributed by atoms with Gasteiger partial charge < -0.3 is 4.90 Å². The van der Waals surface area contributed by atoms with E-state index in [1.54, 1.807) is 24.9 Å².